The fraction of sp³-hybridized carbons (Fsp3) is 0.562. The molecule has 0 aliphatic carbocycles. The largest absolute Gasteiger partial charge is 0.361 e. The van der Waals surface area contributed by atoms with Gasteiger partial charge in [-0.1, -0.05) is 12.1 Å². The Kier molecular flexibility index (Phi) is 5.07. The predicted molar refractivity (Wildman–Crippen MR) is 88.5 cm³/mol. The SMILES string of the molecule is CCc1noc(C)c1C(=O)N1CCCN(Cc2cscn2)CC1. The maximum Gasteiger partial charge on any atom is 0.259 e. The van der Waals surface area contributed by atoms with Crippen molar-refractivity contribution in [1.82, 2.24) is 19.9 Å². The van der Waals surface area contributed by atoms with Crippen LogP contribution in [0.1, 0.15) is 40.9 Å². The number of carbonyl (C=O) groups is 1. The smallest absolute Gasteiger partial charge is 0.259 e. The Balaban J connectivity index is 1.65. The minimum Gasteiger partial charge on any atom is -0.361 e. The number of carbonyl (C=O) groups excluding carboxylic acids is 1. The predicted octanol–water partition coefficient (Wildman–Crippen LogP) is 2.35. The second-order valence-electron chi connectivity index (χ2n) is 5.82. The number of aryl methyl sites for hydroxylation is 2. The van der Waals surface area contributed by atoms with Crippen molar-refractivity contribution in [3.05, 3.63) is 33.6 Å². The number of aromatic nitrogens is 2. The van der Waals surface area contributed by atoms with Gasteiger partial charge in [0.15, 0.2) is 0 Å². The van der Waals surface area contributed by atoms with Crippen LogP contribution in [0.25, 0.3) is 0 Å². The van der Waals surface area contributed by atoms with Crippen molar-refractivity contribution in [2.45, 2.75) is 33.2 Å². The molecule has 0 saturated carbocycles. The van der Waals surface area contributed by atoms with E-state index in [1.54, 1.807) is 11.3 Å². The summed E-state index contributed by atoms with van der Waals surface area (Å²) >= 11 is 1.62. The van der Waals surface area contributed by atoms with Crippen molar-refractivity contribution in [2.24, 2.45) is 0 Å². The molecule has 7 heteroatoms. The standard InChI is InChI=1S/C16H22N4O2S/c1-3-14-15(12(2)22-18-14)16(21)20-6-4-5-19(7-8-20)9-13-10-23-11-17-13/h10-11H,3-9H2,1-2H3. The fourth-order valence-electron chi connectivity index (χ4n) is 2.97. The third-order valence-electron chi connectivity index (χ3n) is 4.23. The summed E-state index contributed by atoms with van der Waals surface area (Å²) in [6.45, 7) is 8.03. The Morgan fingerprint density at radius 1 is 1.35 bits per heavy atom. The van der Waals surface area contributed by atoms with E-state index in [1.807, 2.05) is 24.3 Å². The van der Waals surface area contributed by atoms with Gasteiger partial charge in [0, 0.05) is 38.1 Å². The summed E-state index contributed by atoms with van der Waals surface area (Å²) in [5.74, 6) is 0.673. The van der Waals surface area contributed by atoms with Crippen LogP contribution in [0, 0.1) is 6.92 Å². The van der Waals surface area contributed by atoms with Crippen LogP contribution in [0.5, 0.6) is 0 Å². The van der Waals surface area contributed by atoms with Crippen LogP contribution in [-0.2, 0) is 13.0 Å². The molecule has 0 spiro atoms. The number of thiazole rings is 1. The van der Waals surface area contributed by atoms with Gasteiger partial charge >= 0.3 is 0 Å². The molecule has 1 aliphatic rings. The van der Waals surface area contributed by atoms with Crippen LogP contribution < -0.4 is 0 Å². The molecule has 1 aliphatic heterocycles. The summed E-state index contributed by atoms with van der Waals surface area (Å²) < 4.78 is 5.21. The van der Waals surface area contributed by atoms with Crippen LogP contribution >= 0.6 is 11.3 Å². The van der Waals surface area contributed by atoms with Crippen molar-refractivity contribution in [3.63, 3.8) is 0 Å². The Morgan fingerprint density at radius 2 is 2.22 bits per heavy atom. The Bertz CT molecular complexity index is 653. The van der Waals surface area contributed by atoms with Crippen LogP contribution in [0.3, 0.4) is 0 Å². The molecule has 1 fully saturated rings. The van der Waals surface area contributed by atoms with Gasteiger partial charge in [-0.15, -0.1) is 11.3 Å². The molecule has 6 nitrogen and oxygen atoms in total. The first-order chi connectivity index (χ1) is 11.2. The quantitative estimate of drug-likeness (QED) is 0.859. The van der Waals surface area contributed by atoms with E-state index >= 15 is 0 Å². The molecule has 2 aromatic heterocycles. The lowest BCUT2D eigenvalue weighted by Crippen LogP contribution is -2.35. The highest BCUT2D eigenvalue weighted by molar-refractivity contribution is 7.07. The van der Waals surface area contributed by atoms with Gasteiger partial charge < -0.3 is 9.42 Å². The monoisotopic (exact) mass is 334 g/mol. The molecule has 2 aromatic rings. The van der Waals surface area contributed by atoms with Gasteiger partial charge in [0.1, 0.15) is 11.3 Å². The van der Waals surface area contributed by atoms with Gasteiger partial charge in [0.05, 0.1) is 16.9 Å². The molecule has 1 amide bonds. The molecular weight excluding hydrogens is 312 g/mol. The van der Waals surface area contributed by atoms with Crippen molar-refractivity contribution in [2.75, 3.05) is 26.2 Å². The highest BCUT2D eigenvalue weighted by Gasteiger charge is 2.26. The Morgan fingerprint density at radius 3 is 2.96 bits per heavy atom. The van der Waals surface area contributed by atoms with E-state index in [0.717, 1.165) is 50.5 Å². The van der Waals surface area contributed by atoms with Crippen LogP contribution in [-0.4, -0.2) is 52.0 Å². The molecule has 1 saturated heterocycles. The molecule has 0 radical (unpaired) electrons. The molecule has 0 atom stereocenters. The van der Waals surface area contributed by atoms with E-state index < -0.39 is 0 Å². The molecule has 0 aromatic carbocycles. The first kappa shape index (κ1) is 16.1. The van der Waals surface area contributed by atoms with Gasteiger partial charge in [0.2, 0.25) is 0 Å². The average molecular weight is 334 g/mol. The molecule has 3 heterocycles. The number of hydrogen-bond donors (Lipinski definition) is 0. The second-order valence-corrected chi connectivity index (χ2v) is 6.53. The van der Waals surface area contributed by atoms with Crippen molar-refractivity contribution >= 4 is 17.2 Å². The number of rotatable bonds is 4. The minimum absolute atomic E-state index is 0.0520. The van der Waals surface area contributed by atoms with E-state index in [4.69, 9.17) is 4.52 Å². The van der Waals surface area contributed by atoms with Crippen molar-refractivity contribution in [1.29, 1.82) is 0 Å². The summed E-state index contributed by atoms with van der Waals surface area (Å²) in [5, 5.41) is 6.08. The third kappa shape index (κ3) is 3.61. The summed E-state index contributed by atoms with van der Waals surface area (Å²) in [4.78, 5) is 21.5. The summed E-state index contributed by atoms with van der Waals surface area (Å²) in [7, 11) is 0. The number of nitrogens with zero attached hydrogens (tertiary/aromatic N) is 4. The lowest BCUT2D eigenvalue weighted by Gasteiger charge is -2.21. The highest BCUT2D eigenvalue weighted by atomic mass is 32.1. The number of hydrogen-bond acceptors (Lipinski definition) is 6. The zero-order chi connectivity index (χ0) is 16.2. The zero-order valence-corrected chi connectivity index (χ0v) is 14.4. The summed E-state index contributed by atoms with van der Waals surface area (Å²) in [6.07, 6.45) is 1.68. The van der Waals surface area contributed by atoms with Crippen LogP contribution in [0.15, 0.2) is 15.4 Å². The highest BCUT2D eigenvalue weighted by Crippen LogP contribution is 2.18. The van der Waals surface area contributed by atoms with Gasteiger partial charge in [-0.2, -0.15) is 0 Å². The Hall–Kier alpha value is -1.73. The zero-order valence-electron chi connectivity index (χ0n) is 13.6. The fourth-order valence-corrected chi connectivity index (χ4v) is 3.52. The van der Waals surface area contributed by atoms with E-state index in [2.05, 4.69) is 20.4 Å². The lowest BCUT2D eigenvalue weighted by molar-refractivity contribution is 0.0758. The first-order valence-corrected chi connectivity index (χ1v) is 8.97. The molecule has 3 rings (SSSR count). The summed E-state index contributed by atoms with van der Waals surface area (Å²) in [6, 6.07) is 0. The molecule has 124 valence electrons. The van der Waals surface area contributed by atoms with Gasteiger partial charge in [0.25, 0.3) is 5.91 Å². The van der Waals surface area contributed by atoms with Crippen LogP contribution in [0.4, 0.5) is 0 Å². The molecule has 23 heavy (non-hydrogen) atoms. The van der Waals surface area contributed by atoms with Gasteiger partial charge in [-0.05, 0) is 19.8 Å². The first-order valence-electron chi connectivity index (χ1n) is 8.03. The van der Waals surface area contributed by atoms with E-state index in [0.29, 0.717) is 17.7 Å². The number of amides is 1. The maximum absolute atomic E-state index is 12.8. The normalized spacial score (nSPS) is 16.5. The molecule has 0 bridgehead atoms. The molecular formula is C16H22N4O2S. The van der Waals surface area contributed by atoms with E-state index in [9.17, 15) is 4.79 Å². The average Bonchev–Trinajstić information content (AvgIpc) is 3.12. The van der Waals surface area contributed by atoms with E-state index in [1.165, 1.54) is 0 Å². The van der Waals surface area contributed by atoms with Gasteiger partial charge in [-0.3, -0.25) is 9.69 Å². The van der Waals surface area contributed by atoms with Crippen molar-refractivity contribution < 1.29 is 9.32 Å². The summed E-state index contributed by atoms with van der Waals surface area (Å²) in [5.41, 5.74) is 4.39. The van der Waals surface area contributed by atoms with E-state index in [-0.39, 0.29) is 5.91 Å². The lowest BCUT2D eigenvalue weighted by atomic mass is 10.1. The van der Waals surface area contributed by atoms with Gasteiger partial charge in [-0.25, -0.2) is 4.98 Å². The third-order valence-corrected chi connectivity index (χ3v) is 4.86. The molecule has 0 unspecified atom stereocenters. The Labute approximate surface area is 140 Å². The molecule has 0 N–H and O–H groups in total. The van der Waals surface area contributed by atoms with Crippen molar-refractivity contribution in [3.8, 4) is 0 Å². The second kappa shape index (κ2) is 7.23. The topological polar surface area (TPSA) is 62.5 Å². The maximum atomic E-state index is 12.8. The minimum atomic E-state index is 0.0520. The van der Waals surface area contributed by atoms with Crippen LogP contribution in [0.2, 0.25) is 0 Å².